The molecule has 3 heteroatoms. The van der Waals surface area contributed by atoms with Crippen LogP contribution in [-0.2, 0) is 6.54 Å². The van der Waals surface area contributed by atoms with Crippen molar-refractivity contribution in [3.05, 3.63) is 34.9 Å². The Morgan fingerprint density at radius 1 is 1.39 bits per heavy atom. The maximum absolute atomic E-state index is 6.25. The van der Waals surface area contributed by atoms with Crippen LogP contribution in [0.2, 0.25) is 5.02 Å². The predicted octanol–water partition coefficient (Wildman–Crippen LogP) is 3.30. The minimum Gasteiger partial charge on any atom is -0.311 e. The summed E-state index contributed by atoms with van der Waals surface area (Å²) < 4.78 is 0. The van der Waals surface area contributed by atoms with E-state index in [0.29, 0.717) is 12.1 Å². The maximum atomic E-state index is 6.25. The van der Waals surface area contributed by atoms with Crippen molar-refractivity contribution >= 4 is 11.6 Å². The van der Waals surface area contributed by atoms with Crippen molar-refractivity contribution in [3.63, 3.8) is 0 Å². The predicted molar refractivity (Wildman–Crippen MR) is 78.0 cm³/mol. The summed E-state index contributed by atoms with van der Waals surface area (Å²) in [6, 6.07) is 9.38. The Bertz CT molecular complexity index is 381. The average Bonchev–Trinajstić information content (AvgIpc) is 2.36. The van der Waals surface area contributed by atoms with Gasteiger partial charge in [0.15, 0.2) is 0 Å². The van der Waals surface area contributed by atoms with Gasteiger partial charge in [-0.2, -0.15) is 0 Å². The lowest BCUT2D eigenvalue weighted by Crippen LogP contribution is -2.54. The van der Waals surface area contributed by atoms with Gasteiger partial charge in [0.1, 0.15) is 0 Å². The minimum absolute atomic E-state index is 0.578. The van der Waals surface area contributed by atoms with Gasteiger partial charge < -0.3 is 5.32 Å². The molecule has 2 atom stereocenters. The van der Waals surface area contributed by atoms with Crippen molar-refractivity contribution in [2.45, 2.75) is 45.3 Å². The molecule has 0 amide bonds. The van der Waals surface area contributed by atoms with E-state index in [1.165, 1.54) is 18.4 Å². The van der Waals surface area contributed by atoms with Crippen LogP contribution in [0.5, 0.6) is 0 Å². The normalized spacial score (nSPS) is 25.3. The van der Waals surface area contributed by atoms with Gasteiger partial charge in [0.05, 0.1) is 0 Å². The highest BCUT2D eigenvalue weighted by Gasteiger charge is 2.24. The Labute approximate surface area is 115 Å². The van der Waals surface area contributed by atoms with E-state index in [1.807, 2.05) is 12.1 Å². The first-order valence-corrected chi connectivity index (χ1v) is 7.29. The standard InChI is InChI=1S/C15H23ClN2/c1-3-6-14-11-18(12(2)9-17-14)10-13-7-4-5-8-15(13)16/h4-5,7-8,12,14,17H,3,6,9-11H2,1-2H3. The summed E-state index contributed by atoms with van der Waals surface area (Å²) in [6.07, 6.45) is 2.50. The molecular formula is C15H23ClN2. The Morgan fingerprint density at radius 3 is 2.89 bits per heavy atom. The molecule has 0 radical (unpaired) electrons. The Hall–Kier alpha value is -0.570. The van der Waals surface area contributed by atoms with E-state index in [-0.39, 0.29) is 0 Å². The molecule has 1 fully saturated rings. The molecular weight excluding hydrogens is 244 g/mol. The first-order valence-electron chi connectivity index (χ1n) is 6.91. The SMILES string of the molecule is CCCC1CN(Cc2ccccc2Cl)C(C)CN1. The molecule has 0 aromatic heterocycles. The summed E-state index contributed by atoms with van der Waals surface area (Å²) in [7, 11) is 0. The van der Waals surface area contributed by atoms with E-state index in [2.05, 4.69) is 36.2 Å². The van der Waals surface area contributed by atoms with Crippen LogP contribution >= 0.6 is 11.6 Å². The molecule has 0 spiro atoms. The third-order valence-corrected chi connectivity index (χ3v) is 4.12. The molecule has 0 bridgehead atoms. The van der Waals surface area contributed by atoms with Crippen molar-refractivity contribution in [2.75, 3.05) is 13.1 Å². The van der Waals surface area contributed by atoms with Crippen molar-refractivity contribution in [1.82, 2.24) is 10.2 Å². The molecule has 18 heavy (non-hydrogen) atoms. The molecule has 1 N–H and O–H groups in total. The molecule has 2 rings (SSSR count). The van der Waals surface area contributed by atoms with Crippen molar-refractivity contribution in [3.8, 4) is 0 Å². The quantitative estimate of drug-likeness (QED) is 0.900. The summed E-state index contributed by atoms with van der Waals surface area (Å²) in [4.78, 5) is 2.54. The van der Waals surface area contributed by atoms with Gasteiger partial charge in [-0.05, 0) is 25.0 Å². The van der Waals surface area contributed by atoms with Crippen molar-refractivity contribution in [1.29, 1.82) is 0 Å². The van der Waals surface area contributed by atoms with Crippen LogP contribution in [-0.4, -0.2) is 30.1 Å². The first-order chi connectivity index (χ1) is 8.70. The fraction of sp³-hybridized carbons (Fsp3) is 0.600. The van der Waals surface area contributed by atoms with Gasteiger partial charge >= 0.3 is 0 Å². The second-order valence-electron chi connectivity index (χ2n) is 5.26. The average molecular weight is 267 g/mol. The number of nitrogens with zero attached hydrogens (tertiary/aromatic N) is 1. The fourth-order valence-electron chi connectivity index (χ4n) is 2.60. The number of hydrogen-bond acceptors (Lipinski definition) is 2. The number of piperazine rings is 1. The zero-order valence-electron chi connectivity index (χ0n) is 11.3. The first kappa shape index (κ1) is 13.9. The van der Waals surface area contributed by atoms with E-state index in [1.54, 1.807) is 0 Å². The summed E-state index contributed by atoms with van der Waals surface area (Å²) in [6.45, 7) is 7.70. The van der Waals surface area contributed by atoms with Gasteiger partial charge in [0.2, 0.25) is 0 Å². The van der Waals surface area contributed by atoms with Gasteiger partial charge in [-0.1, -0.05) is 43.1 Å². The highest BCUT2D eigenvalue weighted by atomic mass is 35.5. The van der Waals surface area contributed by atoms with Crippen LogP contribution in [0, 0.1) is 0 Å². The maximum Gasteiger partial charge on any atom is 0.0451 e. The molecule has 1 saturated heterocycles. The molecule has 0 saturated carbocycles. The third-order valence-electron chi connectivity index (χ3n) is 3.75. The molecule has 1 aromatic rings. The molecule has 1 aromatic carbocycles. The Morgan fingerprint density at radius 2 is 2.17 bits per heavy atom. The van der Waals surface area contributed by atoms with Gasteiger partial charge in [0.25, 0.3) is 0 Å². The zero-order chi connectivity index (χ0) is 13.0. The summed E-state index contributed by atoms with van der Waals surface area (Å²) in [5.74, 6) is 0. The lowest BCUT2D eigenvalue weighted by molar-refractivity contribution is 0.129. The number of nitrogens with one attached hydrogen (secondary N) is 1. The van der Waals surface area contributed by atoms with Crippen LogP contribution in [0.15, 0.2) is 24.3 Å². The lowest BCUT2D eigenvalue weighted by atomic mass is 10.0. The van der Waals surface area contributed by atoms with E-state index in [4.69, 9.17) is 11.6 Å². The van der Waals surface area contributed by atoms with E-state index < -0.39 is 0 Å². The van der Waals surface area contributed by atoms with Gasteiger partial charge in [-0.25, -0.2) is 0 Å². The third kappa shape index (κ3) is 3.47. The van der Waals surface area contributed by atoms with Gasteiger partial charge in [-0.3, -0.25) is 4.90 Å². The molecule has 1 heterocycles. The molecule has 1 aliphatic heterocycles. The molecule has 1 aliphatic rings. The van der Waals surface area contributed by atoms with E-state index >= 15 is 0 Å². The van der Waals surface area contributed by atoms with Crippen LogP contribution in [0.25, 0.3) is 0 Å². The monoisotopic (exact) mass is 266 g/mol. The number of benzene rings is 1. The fourth-order valence-corrected chi connectivity index (χ4v) is 2.80. The second-order valence-corrected chi connectivity index (χ2v) is 5.67. The smallest absolute Gasteiger partial charge is 0.0451 e. The van der Waals surface area contributed by atoms with E-state index in [9.17, 15) is 0 Å². The Kier molecular flexibility index (Phi) is 5.04. The van der Waals surface area contributed by atoms with Gasteiger partial charge in [0, 0.05) is 36.7 Å². The van der Waals surface area contributed by atoms with Crippen LogP contribution in [0.4, 0.5) is 0 Å². The molecule has 2 nitrogen and oxygen atoms in total. The highest BCUT2D eigenvalue weighted by Crippen LogP contribution is 2.20. The van der Waals surface area contributed by atoms with Crippen LogP contribution in [0.1, 0.15) is 32.3 Å². The van der Waals surface area contributed by atoms with Gasteiger partial charge in [-0.15, -0.1) is 0 Å². The van der Waals surface area contributed by atoms with E-state index in [0.717, 1.165) is 24.7 Å². The molecule has 100 valence electrons. The lowest BCUT2D eigenvalue weighted by Gasteiger charge is -2.39. The summed E-state index contributed by atoms with van der Waals surface area (Å²) in [5.41, 5.74) is 1.24. The minimum atomic E-state index is 0.578. The molecule has 2 unspecified atom stereocenters. The highest BCUT2D eigenvalue weighted by molar-refractivity contribution is 6.31. The number of rotatable bonds is 4. The number of hydrogen-bond donors (Lipinski definition) is 1. The Balaban J connectivity index is 2.00. The largest absolute Gasteiger partial charge is 0.311 e. The van der Waals surface area contributed by atoms with Crippen molar-refractivity contribution < 1.29 is 0 Å². The summed E-state index contributed by atoms with van der Waals surface area (Å²) >= 11 is 6.25. The van der Waals surface area contributed by atoms with Crippen LogP contribution in [0.3, 0.4) is 0 Å². The molecule has 0 aliphatic carbocycles. The van der Waals surface area contributed by atoms with Crippen molar-refractivity contribution in [2.24, 2.45) is 0 Å². The number of halogens is 1. The topological polar surface area (TPSA) is 15.3 Å². The summed E-state index contributed by atoms with van der Waals surface area (Å²) in [5, 5.41) is 4.51. The zero-order valence-corrected chi connectivity index (χ0v) is 12.1. The second kappa shape index (κ2) is 6.55. The van der Waals surface area contributed by atoms with Crippen LogP contribution < -0.4 is 5.32 Å².